The van der Waals surface area contributed by atoms with Gasteiger partial charge in [-0.2, -0.15) is 5.10 Å². The Morgan fingerprint density at radius 3 is 2.61 bits per heavy atom. The molecule has 0 saturated heterocycles. The maximum atomic E-state index is 12.0. The molecule has 6 nitrogen and oxygen atoms in total. The minimum Gasteiger partial charge on any atom is -0.396 e. The Balaban J connectivity index is 2.55. The molecule has 0 fully saturated rings. The Morgan fingerprint density at radius 2 is 2.17 bits per heavy atom. The highest BCUT2D eigenvalue weighted by atomic mass is 16.3. The first-order valence-electron chi connectivity index (χ1n) is 6.31. The predicted octanol–water partition coefficient (Wildman–Crippen LogP) is 0.754. The largest absolute Gasteiger partial charge is 0.396 e. The summed E-state index contributed by atoms with van der Waals surface area (Å²) in [5.74, 6) is -0.111. The van der Waals surface area contributed by atoms with Gasteiger partial charge in [0.25, 0.3) is 0 Å². The lowest BCUT2D eigenvalue weighted by atomic mass is 9.83. The molecule has 6 heteroatoms. The third kappa shape index (κ3) is 3.29. The summed E-state index contributed by atoms with van der Waals surface area (Å²) in [7, 11) is 0. The van der Waals surface area contributed by atoms with Crippen LogP contribution in [0.25, 0.3) is 0 Å². The van der Waals surface area contributed by atoms with Gasteiger partial charge in [0, 0.05) is 12.0 Å². The number of hydrogen-bond acceptors (Lipinski definition) is 4. The smallest absolute Gasteiger partial charge is 0.244 e. The standard InChI is InChI=1S/C12H22N4O2/c1-4-12(5-2,7-17)6-14-11(18)10(3)16-9-13-8-15-16/h8-10,17H,4-7H2,1-3H3,(H,14,18). The number of amides is 1. The van der Waals surface area contributed by atoms with Gasteiger partial charge in [-0.15, -0.1) is 0 Å². The monoisotopic (exact) mass is 254 g/mol. The van der Waals surface area contributed by atoms with Gasteiger partial charge < -0.3 is 10.4 Å². The molecule has 0 saturated carbocycles. The number of hydrogen-bond donors (Lipinski definition) is 2. The normalized spacial score (nSPS) is 13.3. The van der Waals surface area contributed by atoms with Gasteiger partial charge in [-0.1, -0.05) is 13.8 Å². The summed E-state index contributed by atoms with van der Waals surface area (Å²) in [6, 6.07) is -0.391. The molecule has 1 aromatic heterocycles. The third-order valence-corrected chi connectivity index (χ3v) is 3.69. The molecule has 0 spiro atoms. The van der Waals surface area contributed by atoms with Gasteiger partial charge in [0.2, 0.25) is 5.91 Å². The van der Waals surface area contributed by atoms with Gasteiger partial charge in [-0.3, -0.25) is 4.79 Å². The molecule has 1 heterocycles. The van der Waals surface area contributed by atoms with Crippen LogP contribution < -0.4 is 5.32 Å². The van der Waals surface area contributed by atoms with E-state index in [0.29, 0.717) is 6.54 Å². The first-order valence-corrected chi connectivity index (χ1v) is 6.31. The zero-order valence-corrected chi connectivity index (χ0v) is 11.3. The molecule has 0 radical (unpaired) electrons. The molecule has 0 aliphatic carbocycles. The first-order chi connectivity index (χ1) is 8.58. The van der Waals surface area contributed by atoms with E-state index >= 15 is 0 Å². The summed E-state index contributed by atoms with van der Waals surface area (Å²) < 4.78 is 1.51. The number of carbonyl (C=O) groups is 1. The van der Waals surface area contributed by atoms with E-state index in [9.17, 15) is 9.90 Å². The molecular formula is C12H22N4O2. The molecule has 0 aliphatic heterocycles. The van der Waals surface area contributed by atoms with Crippen molar-refractivity contribution < 1.29 is 9.90 Å². The number of nitrogens with zero attached hydrogens (tertiary/aromatic N) is 3. The number of carbonyl (C=O) groups excluding carboxylic acids is 1. The van der Waals surface area contributed by atoms with E-state index < -0.39 is 6.04 Å². The number of nitrogens with one attached hydrogen (secondary N) is 1. The third-order valence-electron chi connectivity index (χ3n) is 3.69. The van der Waals surface area contributed by atoms with E-state index in [4.69, 9.17) is 0 Å². The van der Waals surface area contributed by atoms with Crippen molar-refractivity contribution >= 4 is 5.91 Å². The summed E-state index contributed by atoms with van der Waals surface area (Å²) in [5.41, 5.74) is -0.224. The Labute approximate surface area is 107 Å². The number of rotatable bonds is 7. The fourth-order valence-electron chi connectivity index (χ4n) is 1.74. The lowest BCUT2D eigenvalue weighted by Gasteiger charge is -2.30. The Kier molecular flexibility index (Phi) is 5.27. The summed E-state index contributed by atoms with van der Waals surface area (Å²) in [4.78, 5) is 15.8. The van der Waals surface area contributed by atoms with E-state index in [-0.39, 0.29) is 17.9 Å². The van der Waals surface area contributed by atoms with Crippen LogP contribution in [0.5, 0.6) is 0 Å². The second kappa shape index (κ2) is 6.49. The zero-order valence-electron chi connectivity index (χ0n) is 11.3. The van der Waals surface area contributed by atoms with E-state index in [1.54, 1.807) is 6.92 Å². The fraction of sp³-hybridized carbons (Fsp3) is 0.750. The fourth-order valence-corrected chi connectivity index (χ4v) is 1.74. The minimum atomic E-state index is -0.391. The molecule has 2 N–H and O–H groups in total. The van der Waals surface area contributed by atoms with Gasteiger partial charge in [0.1, 0.15) is 18.7 Å². The van der Waals surface area contributed by atoms with Gasteiger partial charge in [0.15, 0.2) is 0 Å². The molecule has 18 heavy (non-hydrogen) atoms. The molecule has 0 bridgehead atoms. The van der Waals surface area contributed by atoms with Crippen LogP contribution in [-0.2, 0) is 4.79 Å². The van der Waals surface area contributed by atoms with Crippen LogP contribution in [0.3, 0.4) is 0 Å². The molecule has 1 aromatic rings. The number of aliphatic hydroxyl groups excluding tert-OH is 1. The highest BCUT2D eigenvalue weighted by Crippen LogP contribution is 2.24. The SMILES string of the molecule is CCC(CC)(CO)CNC(=O)C(C)n1cncn1. The van der Waals surface area contributed by atoms with Crippen LogP contribution in [-0.4, -0.2) is 38.9 Å². The van der Waals surface area contributed by atoms with E-state index in [0.717, 1.165) is 12.8 Å². The predicted molar refractivity (Wildman–Crippen MR) is 67.8 cm³/mol. The minimum absolute atomic E-state index is 0.0813. The zero-order chi connectivity index (χ0) is 13.6. The van der Waals surface area contributed by atoms with E-state index in [1.165, 1.54) is 17.3 Å². The van der Waals surface area contributed by atoms with Gasteiger partial charge >= 0.3 is 0 Å². The first kappa shape index (κ1) is 14.6. The molecule has 1 atom stereocenters. The topological polar surface area (TPSA) is 80.0 Å². The molecule has 1 amide bonds. The number of aromatic nitrogens is 3. The lowest BCUT2D eigenvalue weighted by molar-refractivity contribution is -0.124. The van der Waals surface area contributed by atoms with Crippen LogP contribution in [0, 0.1) is 5.41 Å². The van der Waals surface area contributed by atoms with E-state index in [2.05, 4.69) is 15.4 Å². The summed E-state index contributed by atoms with van der Waals surface area (Å²) >= 11 is 0. The van der Waals surface area contributed by atoms with Crippen molar-refractivity contribution in [3.05, 3.63) is 12.7 Å². The summed E-state index contributed by atoms with van der Waals surface area (Å²) in [6.45, 7) is 6.37. The second-order valence-electron chi connectivity index (χ2n) is 4.63. The highest BCUT2D eigenvalue weighted by molar-refractivity contribution is 5.79. The molecule has 102 valence electrons. The lowest BCUT2D eigenvalue weighted by Crippen LogP contribution is -2.41. The van der Waals surface area contributed by atoms with Crippen molar-refractivity contribution in [1.29, 1.82) is 0 Å². The van der Waals surface area contributed by atoms with Crippen molar-refractivity contribution in [2.24, 2.45) is 5.41 Å². The van der Waals surface area contributed by atoms with Crippen molar-refractivity contribution in [2.75, 3.05) is 13.2 Å². The average Bonchev–Trinajstić information content (AvgIpc) is 2.93. The van der Waals surface area contributed by atoms with Crippen molar-refractivity contribution in [1.82, 2.24) is 20.1 Å². The maximum absolute atomic E-state index is 12.0. The Hall–Kier alpha value is -1.43. The second-order valence-corrected chi connectivity index (χ2v) is 4.63. The van der Waals surface area contributed by atoms with Gasteiger partial charge in [0.05, 0.1) is 6.61 Å². The molecule has 0 aliphatic rings. The molecule has 1 rings (SSSR count). The van der Waals surface area contributed by atoms with Crippen molar-refractivity contribution in [2.45, 2.75) is 39.7 Å². The molecule has 1 unspecified atom stereocenters. The van der Waals surface area contributed by atoms with E-state index in [1.807, 2.05) is 13.8 Å². The molecule has 0 aromatic carbocycles. The Morgan fingerprint density at radius 1 is 1.50 bits per heavy atom. The van der Waals surface area contributed by atoms with Crippen LogP contribution in [0.1, 0.15) is 39.7 Å². The van der Waals surface area contributed by atoms with Crippen molar-refractivity contribution in [3.8, 4) is 0 Å². The number of aliphatic hydroxyl groups is 1. The Bertz CT molecular complexity index is 352. The maximum Gasteiger partial charge on any atom is 0.244 e. The summed E-state index contributed by atoms with van der Waals surface area (Å²) in [5, 5.41) is 16.2. The van der Waals surface area contributed by atoms with Gasteiger partial charge in [-0.25, -0.2) is 9.67 Å². The summed E-state index contributed by atoms with van der Waals surface area (Å²) in [6.07, 6.45) is 4.58. The quantitative estimate of drug-likeness (QED) is 0.752. The van der Waals surface area contributed by atoms with Crippen molar-refractivity contribution in [3.63, 3.8) is 0 Å². The van der Waals surface area contributed by atoms with Crippen LogP contribution in [0.4, 0.5) is 0 Å². The average molecular weight is 254 g/mol. The van der Waals surface area contributed by atoms with Crippen LogP contribution in [0.15, 0.2) is 12.7 Å². The van der Waals surface area contributed by atoms with Crippen LogP contribution in [0.2, 0.25) is 0 Å². The van der Waals surface area contributed by atoms with Crippen LogP contribution >= 0.6 is 0 Å². The molecular weight excluding hydrogens is 232 g/mol. The van der Waals surface area contributed by atoms with Gasteiger partial charge in [-0.05, 0) is 19.8 Å². The highest BCUT2D eigenvalue weighted by Gasteiger charge is 2.27.